The zero-order chi connectivity index (χ0) is 19.9. The number of ether oxygens (including phenoxy) is 1. The standard InChI is InChI=1S/C20H23N5O2S/c1-15-6-4-5-7-17(15)13-24(2)19(26)14-28-20-21-22-23-25(20)12-16-8-10-18(27-3)11-9-16/h4-11H,12-14H2,1-3H3. The summed E-state index contributed by atoms with van der Waals surface area (Å²) in [5.74, 6) is 1.12. The van der Waals surface area contributed by atoms with Crippen molar-refractivity contribution >= 4 is 17.7 Å². The Morgan fingerprint density at radius 1 is 1.18 bits per heavy atom. The average Bonchev–Trinajstić information content (AvgIpc) is 3.15. The van der Waals surface area contributed by atoms with Crippen LogP contribution in [0.5, 0.6) is 5.75 Å². The van der Waals surface area contributed by atoms with Crippen molar-refractivity contribution in [2.45, 2.75) is 25.2 Å². The Morgan fingerprint density at radius 3 is 2.64 bits per heavy atom. The van der Waals surface area contributed by atoms with Gasteiger partial charge >= 0.3 is 0 Å². The minimum atomic E-state index is 0.0345. The van der Waals surface area contributed by atoms with Gasteiger partial charge < -0.3 is 9.64 Å². The van der Waals surface area contributed by atoms with Crippen LogP contribution in [0, 0.1) is 6.92 Å². The maximum Gasteiger partial charge on any atom is 0.233 e. The molecule has 7 nitrogen and oxygen atoms in total. The van der Waals surface area contributed by atoms with Gasteiger partial charge in [-0.25, -0.2) is 4.68 Å². The first-order chi connectivity index (χ1) is 13.6. The van der Waals surface area contributed by atoms with Crippen LogP contribution in [0.1, 0.15) is 16.7 Å². The molecule has 1 heterocycles. The number of methoxy groups -OCH3 is 1. The van der Waals surface area contributed by atoms with E-state index in [1.165, 1.54) is 17.3 Å². The van der Waals surface area contributed by atoms with E-state index in [0.29, 0.717) is 18.2 Å². The van der Waals surface area contributed by atoms with Gasteiger partial charge in [-0.3, -0.25) is 4.79 Å². The summed E-state index contributed by atoms with van der Waals surface area (Å²) in [6, 6.07) is 15.8. The SMILES string of the molecule is COc1ccc(Cn2nnnc2SCC(=O)N(C)Cc2ccccc2C)cc1. The average molecular weight is 398 g/mol. The first-order valence-electron chi connectivity index (χ1n) is 8.87. The molecule has 0 radical (unpaired) electrons. The van der Waals surface area contributed by atoms with Gasteiger partial charge in [0, 0.05) is 13.6 Å². The van der Waals surface area contributed by atoms with Crippen molar-refractivity contribution in [1.82, 2.24) is 25.1 Å². The normalized spacial score (nSPS) is 10.7. The first kappa shape index (κ1) is 19.9. The summed E-state index contributed by atoms with van der Waals surface area (Å²) in [7, 11) is 3.45. The van der Waals surface area contributed by atoms with Crippen molar-refractivity contribution < 1.29 is 9.53 Å². The lowest BCUT2D eigenvalue weighted by Gasteiger charge is -2.18. The van der Waals surface area contributed by atoms with Gasteiger partial charge in [-0.1, -0.05) is 48.2 Å². The molecule has 0 fully saturated rings. The Bertz CT molecular complexity index is 926. The predicted octanol–water partition coefficient (Wildman–Crippen LogP) is 2.79. The van der Waals surface area contributed by atoms with Crippen molar-refractivity contribution in [2.75, 3.05) is 19.9 Å². The van der Waals surface area contributed by atoms with Crippen molar-refractivity contribution in [1.29, 1.82) is 0 Å². The molecule has 0 atom stereocenters. The van der Waals surface area contributed by atoms with Crippen molar-refractivity contribution in [2.24, 2.45) is 0 Å². The summed E-state index contributed by atoms with van der Waals surface area (Å²) in [5.41, 5.74) is 3.38. The van der Waals surface area contributed by atoms with E-state index in [2.05, 4.69) is 28.5 Å². The largest absolute Gasteiger partial charge is 0.497 e. The Hall–Kier alpha value is -2.87. The predicted molar refractivity (Wildman–Crippen MR) is 108 cm³/mol. The molecule has 0 aliphatic heterocycles. The summed E-state index contributed by atoms with van der Waals surface area (Å²) in [6.07, 6.45) is 0. The highest BCUT2D eigenvalue weighted by molar-refractivity contribution is 7.99. The van der Waals surface area contributed by atoms with E-state index in [9.17, 15) is 4.79 Å². The van der Waals surface area contributed by atoms with E-state index in [0.717, 1.165) is 16.9 Å². The maximum atomic E-state index is 12.5. The molecule has 2 aromatic carbocycles. The molecule has 1 aromatic heterocycles. The summed E-state index contributed by atoms with van der Waals surface area (Å²) >= 11 is 1.34. The number of amides is 1. The molecule has 3 rings (SSSR count). The van der Waals surface area contributed by atoms with Crippen LogP contribution in [0.25, 0.3) is 0 Å². The quantitative estimate of drug-likeness (QED) is 0.544. The zero-order valence-corrected chi connectivity index (χ0v) is 17.0. The molecule has 0 aliphatic carbocycles. The number of nitrogens with zero attached hydrogens (tertiary/aromatic N) is 5. The van der Waals surface area contributed by atoms with Gasteiger partial charge in [-0.05, 0) is 46.2 Å². The van der Waals surface area contributed by atoms with Gasteiger partial charge in [0.2, 0.25) is 11.1 Å². The van der Waals surface area contributed by atoms with Gasteiger partial charge in [-0.2, -0.15) is 0 Å². The molecule has 3 aromatic rings. The highest BCUT2D eigenvalue weighted by atomic mass is 32.2. The van der Waals surface area contributed by atoms with Crippen molar-refractivity contribution in [3.8, 4) is 5.75 Å². The number of thioether (sulfide) groups is 1. The fourth-order valence-corrected chi connectivity index (χ4v) is 3.49. The highest BCUT2D eigenvalue weighted by Crippen LogP contribution is 2.18. The zero-order valence-electron chi connectivity index (χ0n) is 16.2. The van der Waals surface area contributed by atoms with Gasteiger partial charge in [-0.15, -0.1) is 5.10 Å². The second-order valence-corrected chi connectivity index (χ2v) is 7.37. The lowest BCUT2D eigenvalue weighted by Crippen LogP contribution is -2.28. The van der Waals surface area contributed by atoms with Crippen molar-refractivity contribution in [3.63, 3.8) is 0 Å². The van der Waals surface area contributed by atoms with Crippen LogP contribution in [0.4, 0.5) is 0 Å². The lowest BCUT2D eigenvalue weighted by atomic mass is 10.1. The van der Waals surface area contributed by atoms with Crippen LogP contribution >= 0.6 is 11.8 Å². The number of benzene rings is 2. The molecule has 0 aliphatic rings. The fraction of sp³-hybridized carbons (Fsp3) is 0.300. The number of aromatic nitrogens is 4. The Labute approximate surface area is 168 Å². The van der Waals surface area contributed by atoms with E-state index in [-0.39, 0.29) is 11.7 Å². The third kappa shape index (κ3) is 5.10. The lowest BCUT2D eigenvalue weighted by molar-refractivity contribution is -0.127. The Morgan fingerprint density at radius 2 is 1.93 bits per heavy atom. The van der Waals surface area contributed by atoms with Gasteiger partial charge in [0.05, 0.1) is 19.4 Å². The molecule has 1 amide bonds. The van der Waals surface area contributed by atoms with Crippen molar-refractivity contribution in [3.05, 3.63) is 65.2 Å². The number of carbonyl (C=O) groups excluding carboxylic acids is 1. The molecule has 0 saturated carbocycles. The first-order valence-corrected chi connectivity index (χ1v) is 9.85. The third-order valence-electron chi connectivity index (χ3n) is 4.41. The number of hydrogen-bond acceptors (Lipinski definition) is 6. The van der Waals surface area contributed by atoms with E-state index < -0.39 is 0 Å². The minimum absolute atomic E-state index is 0.0345. The number of aryl methyl sites for hydroxylation is 1. The molecule has 0 bridgehead atoms. The van der Waals surface area contributed by atoms with Crippen LogP contribution in [-0.2, 0) is 17.9 Å². The second-order valence-electron chi connectivity index (χ2n) is 6.43. The summed E-state index contributed by atoms with van der Waals surface area (Å²) < 4.78 is 6.87. The van der Waals surface area contributed by atoms with Gasteiger partial charge in [0.1, 0.15) is 5.75 Å². The van der Waals surface area contributed by atoms with Crippen LogP contribution < -0.4 is 4.74 Å². The van der Waals surface area contributed by atoms with E-state index in [4.69, 9.17) is 4.74 Å². The van der Waals surface area contributed by atoms with Crippen LogP contribution in [0.15, 0.2) is 53.7 Å². The molecule has 8 heteroatoms. The molecule has 146 valence electrons. The molecule has 0 unspecified atom stereocenters. The number of rotatable bonds is 8. The number of carbonyl (C=O) groups is 1. The number of hydrogen-bond donors (Lipinski definition) is 0. The van der Waals surface area contributed by atoms with Gasteiger partial charge in [0.15, 0.2) is 0 Å². The van der Waals surface area contributed by atoms with E-state index >= 15 is 0 Å². The maximum absolute atomic E-state index is 12.5. The van der Waals surface area contributed by atoms with E-state index in [1.54, 1.807) is 16.7 Å². The molecule has 0 saturated heterocycles. The summed E-state index contributed by atoms with van der Waals surface area (Å²) in [5, 5.41) is 12.4. The Balaban J connectivity index is 1.56. The second kappa shape index (κ2) is 9.36. The van der Waals surface area contributed by atoms with Crippen LogP contribution in [0.2, 0.25) is 0 Å². The molecular weight excluding hydrogens is 374 g/mol. The Kier molecular flexibility index (Phi) is 6.65. The number of tetrazole rings is 1. The molecule has 28 heavy (non-hydrogen) atoms. The minimum Gasteiger partial charge on any atom is -0.497 e. The topological polar surface area (TPSA) is 73.1 Å². The third-order valence-corrected chi connectivity index (χ3v) is 5.35. The van der Waals surface area contributed by atoms with Crippen LogP contribution in [-0.4, -0.2) is 50.9 Å². The van der Waals surface area contributed by atoms with Gasteiger partial charge in [0.25, 0.3) is 0 Å². The van der Waals surface area contributed by atoms with E-state index in [1.807, 2.05) is 49.5 Å². The smallest absolute Gasteiger partial charge is 0.233 e. The molecule has 0 N–H and O–H groups in total. The highest BCUT2D eigenvalue weighted by Gasteiger charge is 2.14. The molecular formula is C20H23N5O2S. The summed E-state index contributed by atoms with van der Waals surface area (Å²) in [4.78, 5) is 14.2. The fourth-order valence-electron chi connectivity index (χ4n) is 2.67. The van der Waals surface area contributed by atoms with Crippen LogP contribution in [0.3, 0.4) is 0 Å². The summed E-state index contributed by atoms with van der Waals surface area (Å²) in [6.45, 7) is 3.17. The molecule has 0 spiro atoms. The monoisotopic (exact) mass is 397 g/mol.